The summed E-state index contributed by atoms with van der Waals surface area (Å²) in [5.74, 6) is -0.207. The maximum absolute atomic E-state index is 13.6. The molecule has 2 N–H and O–H groups in total. The molecule has 0 spiro atoms. The average molecular weight is 282 g/mol. The normalized spacial score (nSPS) is 12.7. The van der Waals surface area contributed by atoms with Gasteiger partial charge in [0.25, 0.3) is 0 Å². The van der Waals surface area contributed by atoms with Gasteiger partial charge in [0.1, 0.15) is 5.82 Å². The number of hydrogen-bond donors (Lipinski definition) is 1. The smallest absolute Gasteiger partial charge is 0.154 e. The Bertz CT molecular complexity index is 564. The fraction of sp³-hybridized carbons (Fsp3) is 0.308. The summed E-state index contributed by atoms with van der Waals surface area (Å²) in [5.41, 5.74) is 8.36. The van der Waals surface area contributed by atoms with Crippen LogP contribution in [0.3, 0.4) is 0 Å². The molecule has 1 heterocycles. The van der Waals surface area contributed by atoms with Crippen LogP contribution in [0.25, 0.3) is 0 Å². The average Bonchev–Trinajstić information content (AvgIpc) is 2.68. The third kappa shape index (κ3) is 2.91. The lowest BCUT2D eigenvalue weighted by atomic mass is 10.1. The van der Waals surface area contributed by atoms with Gasteiger partial charge in [-0.1, -0.05) is 11.8 Å². The number of hydrogen-bond acceptors (Lipinski definition) is 4. The van der Waals surface area contributed by atoms with E-state index in [-0.39, 0.29) is 11.9 Å². The molecule has 0 saturated heterocycles. The van der Waals surface area contributed by atoms with E-state index in [4.69, 9.17) is 5.73 Å². The summed E-state index contributed by atoms with van der Waals surface area (Å²) in [7, 11) is 0. The highest BCUT2D eigenvalue weighted by Gasteiger charge is 2.13. The minimum absolute atomic E-state index is 0.191. The number of halogens is 1. The van der Waals surface area contributed by atoms with Gasteiger partial charge in [-0.25, -0.2) is 9.37 Å². The van der Waals surface area contributed by atoms with Crippen molar-refractivity contribution in [2.45, 2.75) is 36.0 Å². The summed E-state index contributed by atoms with van der Waals surface area (Å²) in [6, 6.07) is 3.18. The minimum atomic E-state index is -0.207. The molecule has 2 rings (SSSR count). The molecular formula is C13H15FN2S2. The van der Waals surface area contributed by atoms with Crippen LogP contribution in [-0.4, -0.2) is 4.98 Å². The van der Waals surface area contributed by atoms with Crippen LogP contribution in [0.4, 0.5) is 4.39 Å². The first-order valence-corrected chi connectivity index (χ1v) is 7.32. The first-order valence-electron chi connectivity index (χ1n) is 5.63. The number of rotatable bonds is 3. The van der Waals surface area contributed by atoms with Gasteiger partial charge in [0.05, 0.1) is 0 Å². The first-order chi connectivity index (χ1) is 8.47. The van der Waals surface area contributed by atoms with Crippen molar-refractivity contribution in [1.82, 2.24) is 4.98 Å². The lowest BCUT2D eigenvalue weighted by molar-refractivity contribution is 0.610. The molecule has 0 aliphatic rings. The second kappa shape index (κ2) is 5.38. The van der Waals surface area contributed by atoms with E-state index in [1.54, 1.807) is 30.0 Å². The lowest BCUT2D eigenvalue weighted by Gasteiger charge is -2.13. The van der Waals surface area contributed by atoms with E-state index in [2.05, 4.69) is 4.98 Å². The number of nitrogens with two attached hydrogens (primary N) is 1. The predicted octanol–water partition coefficient (Wildman–Crippen LogP) is 4.07. The molecule has 1 atom stereocenters. The molecule has 0 radical (unpaired) electrons. The quantitative estimate of drug-likeness (QED) is 0.922. The zero-order chi connectivity index (χ0) is 13.3. The monoisotopic (exact) mass is 282 g/mol. The lowest BCUT2D eigenvalue weighted by Crippen LogP contribution is -2.07. The number of nitrogens with zero attached hydrogens (tertiary/aromatic N) is 1. The van der Waals surface area contributed by atoms with Crippen molar-refractivity contribution in [3.63, 3.8) is 0 Å². The molecule has 0 unspecified atom stereocenters. The maximum atomic E-state index is 13.6. The van der Waals surface area contributed by atoms with Gasteiger partial charge in [0.15, 0.2) is 4.34 Å². The van der Waals surface area contributed by atoms with E-state index in [1.165, 1.54) is 6.07 Å². The fourth-order valence-electron chi connectivity index (χ4n) is 1.59. The predicted molar refractivity (Wildman–Crippen MR) is 74.7 cm³/mol. The van der Waals surface area contributed by atoms with Crippen LogP contribution in [0.15, 0.2) is 26.7 Å². The van der Waals surface area contributed by atoms with Crippen LogP contribution in [0, 0.1) is 19.7 Å². The van der Waals surface area contributed by atoms with Crippen LogP contribution >= 0.6 is 23.1 Å². The zero-order valence-electron chi connectivity index (χ0n) is 10.5. The number of benzene rings is 1. The van der Waals surface area contributed by atoms with Gasteiger partial charge >= 0.3 is 0 Å². The Hall–Kier alpha value is -0.910. The zero-order valence-corrected chi connectivity index (χ0v) is 12.2. The molecule has 5 heteroatoms. The van der Waals surface area contributed by atoms with E-state index < -0.39 is 0 Å². The Kier molecular flexibility index (Phi) is 4.04. The van der Waals surface area contributed by atoms with E-state index in [0.29, 0.717) is 5.56 Å². The Morgan fingerprint density at radius 2 is 2.11 bits per heavy atom. The summed E-state index contributed by atoms with van der Waals surface area (Å²) in [5, 5.41) is 2.00. The van der Waals surface area contributed by atoms with Crippen molar-refractivity contribution in [2.75, 3.05) is 0 Å². The highest BCUT2D eigenvalue weighted by Crippen LogP contribution is 2.35. The third-order valence-electron chi connectivity index (χ3n) is 2.58. The minimum Gasteiger partial charge on any atom is -0.324 e. The van der Waals surface area contributed by atoms with Gasteiger partial charge in [0.2, 0.25) is 0 Å². The molecule has 2 nitrogen and oxygen atoms in total. The number of aromatic nitrogens is 1. The summed E-state index contributed by atoms with van der Waals surface area (Å²) in [6.07, 6.45) is 0. The Labute approximate surface area is 114 Å². The molecule has 0 amide bonds. The van der Waals surface area contributed by atoms with Crippen LogP contribution in [0.5, 0.6) is 0 Å². The topological polar surface area (TPSA) is 38.9 Å². The molecule has 1 aromatic heterocycles. The van der Waals surface area contributed by atoms with Crippen LogP contribution in [-0.2, 0) is 0 Å². The molecular weight excluding hydrogens is 267 g/mol. The Morgan fingerprint density at radius 1 is 1.39 bits per heavy atom. The summed E-state index contributed by atoms with van der Waals surface area (Å²) in [6.45, 7) is 5.58. The standard InChI is InChI=1S/C13H15FN2S2/c1-7-4-12(10(9(3)15)5-11(7)14)18-13-16-8(2)6-17-13/h4-6,9H,15H2,1-3H3/t9-/m1/s1. The second-order valence-electron chi connectivity index (χ2n) is 4.28. The van der Waals surface area contributed by atoms with Crippen molar-refractivity contribution >= 4 is 23.1 Å². The van der Waals surface area contributed by atoms with Crippen molar-refractivity contribution in [2.24, 2.45) is 5.73 Å². The first kappa shape index (κ1) is 13.5. The highest BCUT2D eigenvalue weighted by molar-refractivity contribution is 8.01. The van der Waals surface area contributed by atoms with Gasteiger partial charge in [-0.3, -0.25) is 0 Å². The van der Waals surface area contributed by atoms with Crippen molar-refractivity contribution in [3.8, 4) is 0 Å². The fourth-order valence-corrected chi connectivity index (χ4v) is 3.69. The molecule has 0 saturated carbocycles. The molecule has 0 aliphatic carbocycles. The van der Waals surface area contributed by atoms with Gasteiger partial charge in [-0.2, -0.15) is 0 Å². The van der Waals surface area contributed by atoms with Gasteiger partial charge in [-0.05, 0) is 44.0 Å². The molecule has 1 aromatic carbocycles. The highest BCUT2D eigenvalue weighted by atomic mass is 32.2. The maximum Gasteiger partial charge on any atom is 0.154 e. The Morgan fingerprint density at radius 3 is 2.67 bits per heavy atom. The molecule has 96 valence electrons. The summed E-state index contributed by atoms with van der Waals surface area (Å²) in [4.78, 5) is 5.39. The summed E-state index contributed by atoms with van der Waals surface area (Å²) >= 11 is 3.14. The van der Waals surface area contributed by atoms with Gasteiger partial charge in [0, 0.05) is 22.0 Å². The second-order valence-corrected chi connectivity index (χ2v) is 6.43. The number of thiazole rings is 1. The van der Waals surface area contributed by atoms with Crippen molar-refractivity contribution in [1.29, 1.82) is 0 Å². The molecule has 2 aromatic rings. The van der Waals surface area contributed by atoms with E-state index in [1.807, 2.05) is 25.3 Å². The van der Waals surface area contributed by atoms with Gasteiger partial charge < -0.3 is 5.73 Å². The SMILES string of the molecule is Cc1csc(Sc2cc(C)c(F)cc2[C@@H](C)N)n1. The van der Waals surface area contributed by atoms with Crippen LogP contribution in [0.1, 0.15) is 29.8 Å². The van der Waals surface area contributed by atoms with Crippen LogP contribution < -0.4 is 5.73 Å². The van der Waals surface area contributed by atoms with Crippen molar-refractivity contribution in [3.05, 3.63) is 40.2 Å². The Balaban J connectivity index is 2.39. The molecule has 18 heavy (non-hydrogen) atoms. The molecule has 0 bridgehead atoms. The summed E-state index contributed by atoms with van der Waals surface area (Å²) < 4.78 is 14.5. The van der Waals surface area contributed by atoms with E-state index in [9.17, 15) is 4.39 Å². The largest absolute Gasteiger partial charge is 0.324 e. The number of aryl methyl sites for hydroxylation is 2. The van der Waals surface area contributed by atoms with Crippen molar-refractivity contribution < 1.29 is 4.39 Å². The third-order valence-corrected chi connectivity index (χ3v) is 4.71. The van der Waals surface area contributed by atoms with Crippen LogP contribution in [0.2, 0.25) is 0 Å². The van der Waals surface area contributed by atoms with E-state index in [0.717, 1.165) is 20.5 Å². The molecule has 0 fully saturated rings. The van der Waals surface area contributed by atoms with Gasteiger partial charge in [-0.15, -0.1) is 11.3 Å². The van der Waals surface area contributed by atoms with E-state index >= 15 is 0 Å². The molecule has 0 aliphatic heterocycles.